The topological polar surface area (TPSA) is 80.3 Å². The van der Waals surface area contributed by atoms with E-state index < -0.39 is 0 Å². The van der Waals surface area contributed by atoms with Gasteiger partial charge in [0.1, 0.15) is 16.9 Å². The number of aromatic nitrogens is 5. The van der Waals surface area contributed by atoms with Gasteiger partial charge in [-0.15, -0.1) is 0 Å². The molecule has 30 heavy (non-hydrogen) atoms. The predicted molar refractivity (Wildman–Crippen MR) is 114 cm³/mol. The maximum atomic E-state index is 12.9. The summed E-state index contributed by atoms with van der Waals surface area (Å²) in [6.07, 6.45) is 3.69. The molecular weight excluding hydrogens is 382 g/mol. The van der Waals surface area contributed by atoms with Gasteiger partial charge >= 0.3 is 0 Å². The number of pyridine rings is 1. The largest absolute Gasteiger partial charge is 0.479 e. The summed E-state index contributed by atoms with van der Waals surface area (Å²) in [7, 11) is 3.70. The zero-order chi connectivity index (χ0) is 20.8. The Hall–Kier alpha value is -3.46. The molecule has 0 unspecified atom stereocenters. The Labute approximate surface area is 173 Å². The summed E-state index contributed by atoms with van der Waals surface area (Å²) in [5.74, 6) is 0.489. The fourth-order valence-corrected chi connectivity index (χ4v) is 3.83. The Balaban J connectivity index is 1.56. The quantitative estimate of drug-likeness (QED) is 0.511. The second kappa shape index (κ2) is 7.10. The first-order valence-electron chi connectivity index (χ1n) is 9.90. The van der Waals surface area contributed by atoms with Crippen LogP contribution in [0.3, 0.4) is 0 Å². The highest BCUT2D eigenvalue weighted by Crippen LogP contribution is 2.24. The van der Waals surface area contributed by atoms with Crippen molar-refractivity contribution in [2.24, 2.45) is 0 Å². The van der Waals surface area contributed by atoms with Crippen molar-refractivity contribution in [1.82, 2.24) is 28.9 Å². The first-order chi connectivity index (χ1) is 14.5. The second-order valence-corrected chi connectivity index (χ2v) is 7.64. The molecule has 0 N–H and O–H groups in total. The minimum absolute atomic E-state index is 0.135. The summed E-state index contributed by atoms with van der Waals surface area (Å²) >= 11 is 0. The van der Waals surface area contributed by atoms with Gasteiger partial charge in [0.15, 0.2) is 0 Å². The molecule has 0 bridgehead atoms. The summed E-state index contributed by atoms with van der Waals surface area (Å²) in [4.78, 5) is 26.5. The molecule has 0 amide bonds. The number of nitrogens with zero attached hydrogens (tertiary/aromatic N) is 7. The molecule has 5 rings (SSSR count). The molecule has 4 aromatic heterocycles. The van der Waals surface area contributed by atoms with E-state index in [-0.39, 0.29) is 5.56 Å². The van der Waals surface area contributed by atoms with E-state index in [9.17, 15) is 4.79 Å². The molecule has 0 aliphatic carbocycles. The maximum Gasteiger partial charge on any atom is 0.258 e. The van der Waals surface area contributed by atoms with Crippen LogP contribution in [0.25, 0.3) is 22.6 Å². The highest BCUT2D eigenvalue weighted by molar-refractivity contribution is 5.68. The number of aryl methyl sites for hydroxylation is 1. The predicted octanol–water partition coefficient (Wildman–Crippen LogP) is 1.47. The molecule has 1 saturated heterocycles. The molecule has 1 aliphatic heterocycles. The second-order valence-electron chi connectivity index (χ2n) is 7.64. The lowest BCUT2D eigenvalue weighted by molar-refractivity contribution is 0.313. The lowest BCUT2D eigenvalue weighted by Gasteiger charge is -2.34. The number of fused-ring (bicyclic) bond motifs is 2. The molecule has 0 saturated carbocycles. The first kappa shape index (κ1) is 18.6. The molecule has 5 heterocycles. The Bertz CT molecular complexity index is 1300. The third kappa shape index (κ3) is 3.17. The summed E-state index contributed by atoms with van der Waals surface area (Å²) in [5, 5.41) is 4.57. The van der Waals surface area contributed by atoms with Gasteiger partial charge in [-0.25, -0.2) is 14.5 Å². The zero-order valence-corrected chi connectivity index (χ0v) is 17.2. The number of hydrogen-bond donors (Lipinski definition) is 0. The van der Waals surface area contributed by atoms with Gasteiger partial charge in [0.05, 0.1) is 30.4 Å². The molecule has 0 spiro atoms. The average Bonchev–Trinajstić information content (AvgIpc) is 3.17. The van der Waals surface area contributed by atoms with Crippen molar-refractivity contribution in [3.63, 3.8) is 0 Å². The van der Waals surface area contributed by atoms with Gasteiger partial charge in [-0.2, -0.15) is 5.10 Å². The van der Waals surface area contributed by atoms with Crippen molar-refractivity contribution >= 4 is 16.9 Å². The van der Waals surface area contributed by atoms with Crippen molar-refractivity contribution in [3.05, 3.63) is 52.7 Å². The highest BCUT2D eigenvalue weighted by Gasteiger charge is 2.16. The van der Waals surface area contributed by atoms with E-state index in [1.54, 1.807) is 16.0 Å². The van der Waals surface area contributed by atoms with Crippen molar-refractivity contribution in [3.8, 4) is 17.3 Å². The molecule has 9 heteroatoms. The number of methoxy groups -OCH3 is 1. The Morgan fingerprint density at radius 2 is 1.80 bits per heavy atom. The van der Waals surface area contributed by atoms with Crippen LogP contribution in [0.15, 0.2) is 41.5 Å². The van der Waals surface area contributed by atoms with Crippen LogP contribution in [-0.4, -0.2) is 69.2 Å². The standard InChI is InChI=1S/C21H23N7O2/c1-14-12-28-18(21(22-14)30-3)10-17(24-28)16-11-20(29)27-13-15(4-5-19(27)23-16)26-8-6-25(2)7-9-26/h4-5,10-13H,6-9H2,1-3H3. The molecular formula is C21H23N7O2. The Kier molecular flexibility index (Phi) is 4.39. The minimum Gasteiger partial charge on any atom is -0.479 e. The van der Waals surface area contributed by atoms with Crippen LogP contribution < -0.4 is 15.2 Å². The van der Waals surface area contributed by atoms with E-state index in [0.717, 1.165) is 43.1 Å². The van der Waals surface area contributed by atoms with Gasteiger partial charge in [0.2, 0.25) is 5.88 Å². The smallest absolute Gasteiger partial charge is 0.258 e. The SMILES string of the molecule is COc1nc(C)cn2nc(-c3cc(=O)n4cc(N5CCN(C)CC5)ccc4n3)cc12. The van der Waals surface area contributed by atoms with E-state index in [0.29, 0.717) is 22.9 Å². The Morgan fingerprint density at radius 1 is 1.00 bits per heavy atom. The molecule has 4 aromatic rings. The molecule has 0 atom stereocenters. The van der Waals surface area contributed by atoms with Crippen LogP contribution in [0.2, 0.25) is 0 Å². The van der Waals surface area contributed by atoms with Gasteiger partial charge in [0.25, 0.3) is 5.56 Å². The van der Waals surface area contributed by atoms with Crippen molar-refractivity contribution < 1.29 is 4.74 Å². The van der Waals surface area contributed by atoms with E-state index in [4.69, 9.17) is 4.74 Å². The van der Waals surface area contributed by atoms with Crippen molar-refractivity contribution in [2.45, 2.75) is 6.92 Å². The van der Waals surface area contributed by atoms with Gasteiger partial charge in [-0.1, -0.05) is 0 Å². The number of ether oxygens (including phenoxy) is 1. The lowest BCUT2D eigenvalue weighted by atomic mass is 10.2. The van der Waals surface area contributed by atoms with E-state index in [1.807, 2.05) is 37.5 Å². The zero-order valence-electron chi connectivity index (χ0n) is 17.2. The first-order valence-corrected chi connectivity index (χ1v) is 9.90. The number of hydrogen-bond acceptors (Lipinski definition) is 7. The Morgan fingerprint density at radius 3 is 2.57 bits per heavy atom. The van der Waals surface area contributed by atoms with Crippen LogP contribution in [-0.2, 0) is 0 Å². The van der Waals surface area contributed by atoms with Crippen molar-refractivity contribution in [1.29, 1.82) is 0 Å². The van der Waals surface area contributed by atoms with E-state index in [2.05, 4.69) is 31.9 Å². The van der Waals surface area contributed by atoms with Crippen LogP contribution in [0.5, 0.6) is 5.88 Å². The van der Waals surface area contributed by atoms with E-state index >= 15 is 0 Å². The van der Waals surface area contributed by atoms with Crippen molar-refractivity contribution in [2.75, 3.05) is 45.2 Å². The fourth-order valence-electron chi connectivity index (χ4n) is 3.83. The number of likely N-dealkylation sites (N-methyl/N-ethyl adjacent to an activating group) is 1. The number of rotatable bonds is 3. The summed E-state index contributed by atoms with van der Waals surface area (Å²) in [5.41, 5.74) is 4.13. The summed E-state index contributed by atoms with van der Waals surface area (Å²) in [6.45, 7) is 5.78. The van der Waals surface area contributed by atoms with Gasteiger partial charge in [0, 0.05) is 38.4 Å². The summed E-state index contributed by atoms with van der Waals surface area (Å²) in [6, 6.07) is 7.27. The molecule has 1 aliphatic rings. The third-order valence-corrected chi connectivity index (χ3v) is 5.51. The average molecular weight is 405 g/mol. The van der Waals surface area contributed by atoms with Crippen LogP contribution in [0.4, 0.5) is 5.69 Å². The molecule has 1 fully saturated rings. The van der Waals surface area contributed by atoms with Gasteiger partial charge in [-0.3, -0.25) is 9.20 Å². The maximum absolute atomic E-state index is 12.9. The van der Waals surface area contributed by atoms with Crippen LogP contribution >= 0.6 is 0 Å². The fraction of sp³-hybridized carbons (Fsp3) is 0.333. The van der Waals surface area contributed by atoms with Crippen LogP contribution in [0.1, 0.15) is 5.69 Å². The van der Waals surface area contributed by atoms with Gasteiger partial charge < -0.3 is 14.5 Å². The number of anilines is 1. The molecule has 9 nitrogen and oxygen atoms in total. The normalized spacial score (nSPS) is 15.2. The summed E-state index contributed by atoms with van der Waals surface area (Å²) < 4.78 is 8.66. The van der Waals surface area contributed by atoms with E-state index in [1.165, 1.54) is 6.07 Å². The monoisotopic (exact) mass is 405 g/mol. The third-order valence-electron chi connectivity index (χ3n) is 5.51. The minimum atomic E-state index is -0.135. The van der Waals surface area contributed by atoms with Crippen LogP contribution in [0, 0.1) is 6.92 Å². The van der Waals surface area contributed by atoms with Gasteiger partial charge in [-0.05, 0) is 32.2 Å². The number of piperazine rings is 1. The molecule has 154 valence electrons. The molecule has 0 radical (unpaired) electrons. The highest BCUT2D eigenvalue weighted by atomic mass is 16.5. The molecule has 0 aromatic carbocycles. The lowest BCUT2D eigenvalue weighted by Crippen LogP contribution is -2.44.